The number of anilines is 1. The van der Waals surface area contributed by atoms with E-state index in [-0.39, 0.29) is 0 Å². The van der Waals surface area contributed by atoms with Gasteiger partial charge < -0.3 is 0 Å². The number of nitrogens with zero attached hydrogens (tertiary/aromatic N) is 1. The third kappa shape index (κ3) is 3.77. The summed E-state index contributed by atoms with van der Waals surface area (Å²) in [6, 6.07) is 33.1. The molecule has 3 heteroatoms. The van der Waals surface area contributed by atoms with Crippen LogP contribution in [0.3, 0.4) is 0 Å². The molecule has 2 aliphatic heterocycles. The molecule has 33 heavy (non-hydrogen) atoms. The molecule has 3 aromatic carbocycles. The second-order valence-electron chi connectivity index (χ2n) is 10.3. The molecule has 1 atom stereocenters. The Labute approximate surface area is 202 Å². The van der Waals surface area contributed by atoms with Gasteiger partial charge in [0.25, 0.3) is 0 Å². The van der Waals surface area contributed by atoms with Crippen molar-refractivity contribution in [2.75, 3.05) is 29.9 Å². The van der Waals surface area contributed by atoms with Crippen LogP contribution in [0.2, 0.25) is 0 Å². The summed E-state index contributed by atoms with van der Waals surface area (Å²) in [7, 11) is -3.78. The SMILES string of the molecule is CCCC[PH]1(CCCC)CCCN2c3ccccc3[PH](c3ccccc3)(c3ccccc3)[C@@H]21. The van der Waals surface area contributed by atoms with Gasteiger partial charge in [0.05, 0.1) is 0 Å². The first-order valence-corrected chi connectivity index (χ1v) is 18.0. The summed E-state index contributed by atoms with van der Waals surface area (Å²) in [5, 5.41) is 4.94. The molecule has 1 fully saturated rings. The summed E-state index contributed by atoms with van der Waals surface area (Å²) in [4.78, 5) is 2.96. The summed E-state index contributed by atoms with van der Waals surface area (Å²) < 4.78 is 0. The molecule has 1 nitrogen and oxygen atoms in total. The summed E-state index contributed by atoms with van der Waals surface area (Å²) in [5.74, 6) is 0. The molecule has 3 aromatic rings. The molecule has 2 heterocycles. The van der Waals surface area contributed by atoms with E-state index in [0.29, 0.717) is 0 Å². The molecule has 2 aliphatic rings. The number of unbranched alkanes of at least 4 members (excludes halogenated alkanes) is 2. The van der Waals surface area contributed by atoms with Gasteiger partial charge in [0, 0.05) is 0 Å². The van der Waals surface area contributed by atoms with Gasteiger partial charge in [-0.15, -0.1) is 0 Å². The molecule has 0 spiro atoms. The molecule has 0 radical (unpaired) electrons. The van der Waals surface area contributed by atoms with Crippen LogP contribution in [0.15, 0.2) is 84.9 Å². The molecule has 0 saturated carbocycles. The Morgan fingerprint density at radius 2 is 1.27 bits per heavy atom. The van der Waals surface area contributed by atoms with E-state index in [1.165, 1.54) is 57.1 Å². The van der Waals surface area contributed by atoms with Crippen LogP contribution in [-0.4, -0.2) is 30.6 Å². The summed E-state index contributed by atoms with van der Waals surface area (Å²) in [5.41, 5.74) is 2.30. The van der Waals surface area contributed by atoms with E-state index in [1.54, 1.807) is 21.6 Å². The Morgan fingerprint density at radius 3 is 1.85 bits per heavy atom. The fourth-order valence-corrected chi connectivity index (χ4v) is 24.2. The van der Waals surface area contributed by atoms with E-state index in [2.05, 4.69) is 104 Å². The molecule has 0 aromatic heterocycles. The van der Waals surface area contributed by atoms with Crippen molar-refractivity contribution in [3.05, 3.63) is 84.9 Å². The molecular formula is C30H41NP2. The monoisotopic (exact) mass is 477 g/mol. The minimum atomic E-state index is -2.22. The molecule has 0 N–H and O–H groups in total. The summed E-state index contributed by atoms with van der Waals surface area (Å²) in [6.45, 7) is 6.03. The van der Waals surface area contributed by atoms with Gasteiger partial charge in [-0.2, -0.15) is 0 Å². The zero-order valence-electron chi connectivity index (χ0n) is 20.5. The van der Waals surface area contributed by atoms with E-state index < -0.39 is 14.5 Å². The van der Waals surface area contributed by atoms with Crippen LogP contribution < -0.4 is 20.8 Å². The van der Waals surface area contributed by atoms with Crippen LogP contribution in [0.25, 0.3) is 0 Å². The number of benzene rings is 3. The zero-order valence-corrected chi connectivity index (χ0v) is 22.5. The number of hydrogen-bond acceptors (Lipinski definition) is 1. The first kappa shape index (κ1) is 23.1. The molecule has 0 unspecified atom stereocenters. The van der Waals surface area contributed by atoms with Gasteiger partial charge in [0.1, 0.15) is 0 Å². The van der Waals surface area contributed by atoms with Crippen molar-refractivity contribution in [1.29, 1.82) is 0 Å². The van der Waals surface area contributed by atoms with E-state index >= 15 is 0 Å². The number of rotatable bonds is 8. The van der Waals surface area contributed by atoms with Gasteiger partial charge in [0.15, 0.2) is 0 Å². The molecule has 0 bridgehead atoms. The van der Waals surface area contributed by atoms with Crippen molar-refractivity contribution in [3.8, 4) is 0 Å². The standard InChI is InChI=1S/C30H41NP2/c1-3-5-23-32(24-6-4-2)25-15-22-31-28-20-13-14-21-29(28)33(30(31)32,26-16-9-7-10-17-26)27-18-11-8-12-19-27/h7-14,16-21,30,32-33H,3-6,15,22-25H2,1-2H3/t30-/m0/s1. The Bertz CT molecular complexity index is 1000. The Morgan fingerprint density at radius 1 is 0.727 bits per heavy atom. The predicted molar refractivity (Wildman–Crippen MR) is 155 cm³/mol. The summed E-state index contributed by atoms with van der Waals surface area (Å²) >= 11 is 0. The van der Waals surface area contributed by atoms with Crippen molar-refractivity contribution >= 4 is 36.1 Å². The number of para-hydroxylation sites is 1. The van der Waals surface area contributed by atoms with Gasteiger partial charge in [-0.1, -0.05) is 0 Å². The van der Waals surface area contributed by atoms with Crippen molar-refractivity contribution in [2.45, 2.75) is 51.5 Å². The van der Waals surface area contributed by atoms with Crippen molar-refractivity contribution < 1.29 is 0 Å². The van der Waals surface area contributed by atoms with Gasteiger partial charge in [-0.3, -0.25) is 0 Å². The fourth-order valence-electron chi connectivity index (χ4n) is 7.26. The second-order valence-corrected chi connectivity index (χ2v) is 19.5. The minimum absolute atomic E-state index is 0.735. The third-order valence-electron chi connectivity index (χ3n) is 8.53. The fraction of sp³-hybridized carbons (Fsp3) is 0.400. The molecule has 1 saturated heterocycles. The Kier molecular flexibility index (Phi) is 6.92. The van der Waals surface area contributed by atoms with Crippen LogP contribution in [0, 0.1) is 0 Å². The molecule has 176 valence electrons. The van der Waals surface area contributed by atoms with Gasteiger partial charge in [-0.25, -0.2) is 0 Å². The van der Waals surface area contributed by atoms with Crippen molar-refractivity contribution in [1.82, 2.24) is 0 Å². The molecule has 5 rings (SSSR count). The topological polar surface area (TPSA) is 3.24 Å². The maximum absolute atomic E-state index is 2.96. The van der Waals surface area contributed by atoms with E-state index in [1.807, 2.05) is 0 Å². The number of hydrogen-bond donors (Lipinski definition) is 0. The second kappa shape index (κ2) is 9.90. The van der Waals surface area contributed by atoms with Crippen molar-refractivity contribution in [2.24, 2.45) is 0 Å². The molecule has 0 amide bonds. The van der Waals surface area contributed by atoms with E-state index in [0.717, 1.165) is 5.52 Å². The van der Waals surface area contributed by atoms with E-state index in [9.17, 15) is 0 Å². The maximum atomic E-state index is 2.96. The van der Waals surface area contributed by atoms with Crippen molar-refractivity contribution in [3.63, 3.8) is 0 Å². The van der Waals surface area contributed by atoms with Crippen LogP contribution >= 0.6 is 14.5 Å². The average molecular weight is 478 g/mol. The first-order valence-electron chi connectivity index (χ1n) is 13.2. The van der Waals surface area contributed by atoms with Gasteiger partial charge in [0.2, 0.25) is 0 Å². The third-order valence-corrected chi connectivity index (χ3v) is 22.1. The molecule has 0 aliphatic carbocycles. The zero-order chi connectivity index (χ0) is 22.7. The first-order chi connectivity index (χ1) is 16.3. The average Bonchev–Trinajstić information content (AvgIpc) is 3.20. The van der Waals surface area contributed by atoms with Gasteiger partial charge in [-0.05, 0) is 0 Å². The van der Waals surface area contributed by atoms with Gasteiger partial charge >= 0.3 is 202 Å². The normalized spacial score (nSPS) is 22.2. The Hall–Kier alpha value is -1.68. The summed E-state index contributed by atoms with van der Waals surface area (Å²) in [6.07, 6.45) is 11.4. The van der Waals surface area contributed by atoms with Crippen LogP contribution in [0.1, 0.15) is 46.0 Å². The predicted octanol–water partition coefficient (Wildman–Crippen LogP) is 6.57. The van der Waals surface area contributed by atoms with Crippen LogP contribution in [-0.2, 0) is 0 Å². The van der Waals surface area contributed by atoms with Crippen LogP contribution in [0.4, 0.5) is 5.69 Å². The molecular weight excluding hydrogens is 436 g/mol. The quantitative estimate of drug-likeness (QED) is 0.332. The van der Waals surface area contributed by atoms with Crippen LogP contribution in [0.5, 0.6) is 0 Å². The van der Waals surface area contributed by atoms with E-state index in [4.69, 9.17) is 0 Å². The Balaban J connectivity index is 1.83. The number of fused-ring (bicyclic) bond motifs is 3.